The Labute approximate surface area is 176 Å². The van der Waals surface area contributed by atoms with E-state index in [0.717, 1.165) is 61.8 Å². The summed E-state index contributed by atoms with van der Waals surface area (Å²) in [5.74, 6) is 0.824. The van der Waals surface area contributed by atoms with Crippen molar-refractivity contribution in [2.75, 3.05) is 26.3 Å². The van der Waals surface area contributed by atoms with Gasteiger partial charge in [-0.1, -0.05) is 20.8 Å². The summed E-state index contributed by atoms with van der Waals surface area (Å²) in [6.45, 7) is 10.8. The molecule has 2 aromatic rings. The van der Waals surface area contributed by atoms with Crippen molar-refractivity contribution in [2.24, 2.45) is 11.8 Å². The summed E-state index contributed by atoms with van der Waals surface area (Å²) in [4.78, 5) is 17.4. The van der Waals surface area contributed by atoms with Crippen molar-refractivity contribution >= 4 is 29.0 Å². The molecule has 0 amide bonds. The van der Waals surface area contributed by atoms with Crippen LogP contribution in [0.5, 0.6) is 0 Å². The van der Waals surface area contributed by atoms with Gasteiger partial charge in [0.2, 0.25) is 0 Å². The van der Waals surface area contributed by atoms with E-state index in [-0.39, 0.29) is 11.3 Å². The summed E-state index contributed by atoms with van der Waals surface area (Å²) >= 11 is 1.65. The standard InChI is InChI=1S/C22H31N3O3S/c1-22(2,3)21-23-18-12-17(29-24-9-6-16(14-24)20(26)27)4-5-19(18)25(21)13-15-7-10-28-11-8-15/h4-5,12,15-16H,6-11,13-14H2,1-3H3,(H,26,27). The van der Waals surface area contributed by atoms with Crippen LogP contribution < -0.4 is 0 Å². The molecule has 0 radical (unpaired) electrons. The lowest BCUT2D eigenvalue weighted by Crippen LogP contribution is -2.25. The van der Waals surface area contributed by atoms with E-state index in [1.54, 1.807) is 11.9 Å². The average Bonchev–Trinajstić information content (AvgIpc) is 3.27. The second-order valence-electron chi connectivity index (χ2n) is 9.31. The molecule has 2 aliphatic rings. The topological polar surface area (TPSA) is 67.6 Å². The molecule has 0 spiro atoms. The molecule has 2 fully saturated rings. The van der Waals surface area contributed by atoms with Crippen LogP contribution in [0.4, 0.5) is 0 Å². The number of aromatic nitrogens is 2. The number of hydrogen-bond donors (Lipinski definition) is 1. The first kappa shape index (κ1) is 20.7. The van der Waals surface area contributed by atoms with Crippen LogP contribution in [-0.4, -0.2) is 51.2 Å². The molecular weight excluding hydrogens is 386 g/mol. The Morgan fingerprint density at radius 1 is 1.28 bits per heavy atom. The summed E-state index contributed by atoms with van der Waals surface area (Å²) in [7, 11) is 0. The van der Waals surface area contributed by atoms with Crippen LogP contribution in [0.1, 0.15) is 45.9 Å². The largest absolute Gasteiger partial charge is 0.481 e. The van der Waals surface area contributed by atoms with E-state index in [9.17, 15) is 9.90 Å². The van der Waals surface area contributed by atoms with E-state index in [1.807, 2.05) is 0 Å². The van der Waals surface area contributed by atoms with Gasteiger partial charge in [-0.05, 0) is 55.3 Å². The van der Waals surface area contributed by atoms with Gasteiger partial charge in [0.15, 0.2) is 0 Å². The first-order valence-electron chi connectivity index (χ1n) is 10.6. The number of nitrogens with zero attached hydrogens (tertiary/aromatic N) is 3. The summed E-state index contributed by atoms with van der Waals surface area (Å²) in [5, 5.41) is 9.23. The SMILES string of the molecule is CC(C)(C)c1nc2cc(SN3CCC(C(=O)O)C3)ccc2n1CC1CCOCC1. The maximum Gasteiger partial charge on any atom is 0.307 e. The molecule has 0 bridgehead atoms. The molecular formula is C22H31N3O3S. The number of benzene rings is 1. The Morgan fingerprint density at radius 3 is 2.69 bits per heavy atom. The highest BCUT2D eigenvalue weighted by Crippen LogP contribution is 2.34. The smallest absolute Gasteiger partial charge is 0.307 e. The third kappa shape index (κ3) is 4.62. The average molecular weight is 418 g/mol. The number of carbonyl (C=O) groups is 1. The summed E-state index contributed by atoms with van der Waals surface area (Å²) in [5.41, 5.74) is 2.19. The van der Waals surface area contributed by atoms with Gasteiger partial charge in [-0.2, -0.15) is 0 Å². The second-order valence-corrected chi connectivity index (χ2v) is 10.5. The summed E-state index contributed by atoms with van der Waals surface area (Å²) in [6.07, 6.45) is 2.94. The molecule has 3 heterocycles. The first-order chi connectivity index (χ1) is 13.8. The van der Waals surface area contributed by atoms with Crippen LogP contribution in [0.25, 0.3) is 11.0 Å². The molecule has 4 rings (SSSR count). The van der Waals surface area contributed by atoms with Gasteiger partial charge < -0.3 is 14.4 Å². The highest BCUT2D eigenvalue weighted by molar-refractivity contribution is 7.97. The first-order valence-corrected chi connectivity index (χ1v) is 11.3. The van der Waals surface area contributed by atoms with Gasteiger partial charge in [0, 0.05) is 43.2 Å². The molecule has 0 saturated carbocycles. The molecule has 29 heavy (non-hydrogen) atoms. The lowest BCUT2D eigenvalue weighted by atomic mass is 9.94. The van der Waals surface area contributed by atoms with E-state index in [2.05, 4.69) is 47.8 Å². The lowest BCUT2D eigenvalue weighted by Gasteiger charge is -2.26. The van der Waals surface area contributed by atoms with Gasteiger partial charge >= 0.3 is 5.97 Å². The van der Waals surface area contributed by atoms with Crippen molar-refractivity contribution in [3.63, 3.8) is 0 Å². The minimum atomic E-state index is -0.690. The molecule has 0 aliphatic carbocycles. The molecule has 1 unspecified atom stereocenters. The number of rotatable bonds is 5. The number of carboxylic acids is 1. The predicted molar refractivity (Wildman–Crippen MR) is 115 cm³/mol. The fourth-order valence-corrected chi connectivity index (χ4v) is 5.32. The van der Waals surface area contributed by atoms with E-state index in [1.165, 1.54) is 5.52 Å². The summed E-state index contributed by atoms with van der Waals surface area (Å²) < 4.78 is 10.1. The Morgan fingerprint density at radius 2 is 2.03 bits per heavy atom. The number of imidazole rings is 1. The van der Waals surface area contributed by atoms with Crippen molar-refractivity contribution in [1.29, 1.82) is 0 Å². The maximum absolute atomic E-state index is 11.2. The second kappa shape index (κ2) is 8.28. The fourth-order valence-electron chi connectivity index (χ4n) is 4.27. The Kier molecular flexibility index (Phi) is 5.91. The molecule has 2 aliphatic heterocycles. The number of fused-ring (bicyclic) bond motifs is 1. The number of aliphatic carboxylic acids is 1. The highest BCUT2D eigenvalue weighted by atomic mass is 32.2. The van der Waals surface area contributed by atoms with Gasteiger partial charge in [-0.15, -0.1) is 0 Å². The lowest BCUT2D eigenvalue weighted by molar-refractivity contribution is -0.141. The zero-order valence-corrected chi connectivity index (χ0v) is 18.4. The quantitative estimate of drug-likeness (QED) is 0.737. The third-order valence-corrected chi connectivity index (χ3v) is 6.96. The van der Waals surface area contributed by atoms with Crippen LogP contribution in [-0.2, 0) is 21.5 Å². The summed E-state index contributed by atoms with van der Waals surface area (Å²) in [6, 6.07) is 6.49. The van der Waals surface area contributed by atoms with E-state index in [4.69, 9.17) is 9.72 Å². The fraction of sp³-hybridized carbons (Fsp3) is 0.636. The molecule has 158 valence electrons. The zero-order valence-electron chi connectivity index (χ0n) is 17.6. The Bertz CT molecular complexity index is 883. The molecule has 1 aromatic carbocycles. The van der Waals surface area contributed by atoms with E-state index >= 15 is 0 Å². The monoisotopic (exact) mass is 417 g/mol. The number of hydrogen-bond acceptors (Lipinski definition) is 5. The van der Waals surface area contributed by atoms with Crippen molar-refractivity contribution in [3.8, 4) is 0 Å². The molecule has 1 atom stereocenters. The highest BCUT2D eigenvalue weighted by Gasteiger charge is 2.29. The minimum Gasteiger partial charge on any atom is -0.481 e. The van der Waals surface area contributed by atoms with E-state index in [0.29, 0.717) is 12.5 Å². The Hall–Kier alpha value is -1.57. The van der Waals surface area contributed by atoms with Crippen molar-refractivity contribution in [1.82, 2.24) is 13.9 Å². The molecule has 6 nitrogen and oxygen atoms in total. The van der Waals surface area contributed by atoms with Gasteiger partial charge in [-0.25, -0.2) is 9.29 Å². The minimum absolute atomic E-state index is 0.0266. The maximum atomic E-state index is 11.2. The van der Waals surface area contributed by atoms with Gasteiger partial charge in [-0.3, -0.25) is 4.79 Å². The molecule has 2 saturated heterocycles. The van der Waals surface area contributed by atoms with Gasteiger partial charge in [0.05, 0.1) is 17.0 Å². The number of carboxylic acid groups (broad SMARTS) is 1. The Balaban J connectivity index is 1.59. The van der Waals surface area contributed by atoms with Crippen molar-refractivity contribution < 1.29 is 14.6 Å². The van der Waals surface area contributed by atoms with Crippen LogP contribution in [0.3, 0.4) is 0 Å². The van der Waals surface area contributed by atoms with Crippen LogP contribution in [0.15, 0.2) is 23.1 Å². The predicted octanol–water partition coefficient (Wildman–Crippen LogP) is 4.17. The normalized spacial score (nSPS) is 21.8. The van der Waals surface area contributed by atoms with Crippen LogP contribution in [0.2, 0.25) is 0 Å². The molecule has 1 aromatic heterocycles. The van der Waals surface area contributed by atoms with Crippen LogP contribution >= 0.6 is 11.9 Å². The van der Waals surface area contributed by atoms with Crippen LogP contribution in [0, 0.1) is 11.8 Å². The van der Waals surface area contributed by atoms with Gasteiger partial charge in [0.25, 0.3) is 0 Å². The van der Waals surface area contributed by atoms with E-state index < -0.39 is 5.97 Å². The zero-order chi connectivity index (χ0) is 20.6. The van der Waals surface area contributed by atoms with Gasteiger partial charge in [0.1, 0.15) is 5.82 Å². The van der Waals surface area contributed by atoms with Crippen molar-refractivity contribution in [3.05, 3.63) is 24.0 Å². The molecule has 1 N–H and O–H groups in total. The number of ether oxygens (including phenoxy) is 1. The molecule has 7 heteroatoms. The van der Waals surface area contributed by atoms with Crippen molar-refractivity contribution in [2.45, 2.75) is 56.9 Å². The third-order valence-electron chi connectivity index (χ3n) is 5.91.